The number of anilines is 1. The zero-order chi connectivity index (χ0) is 15.8. The predicted octanol–water partition coefficient (Wildman–Crippen LogP) is 0.157. The van der Waals surface area contributed by atoms with Crippen molar-refractivity contribution in [3.05, 3.63) is 29.1 Å². The molecule has 0 atom stereocenters. The van der Waals surface area contributed by atoms with Gasteiger partial charge in [0.05, 0.1) is 17.5 Å². The average molecular weight is 315 g/mol. The molecular weight excluding hydrogens is 305 g/mol. The molecule has 0 amide bonds. The monoisotopic (exact) mass is 315 g/mol. The number of aromatic nitrogens is 4. The Bertz CT molecular complexity index is 817. The fraction of sp³-hybridized carbons (Fsp3) is 0.200. The lowest BCUT2D eigenvalue weighted by Gasteiger charge is -2.09. The number of aryl methyl sites for hydroxylation is 1. The first-order valence-corrected chi connectivity index (χ1v) is 6.99. The maximum absolute atomic E-state index is 13.7. The standard InChI is InChI=1S/C10H10FN5O4S/c1-5-7(11)3-6(9(17)18)4-8(5)21(19,20)14-10-12-15-16(2)13-10/h3-4H,1-2H3,(H,13,14)(H,17,18). The van der Waals surface area contributed by atoms with Crippen molar-refractivity contribution in [2.24, 2.45) is 7.05 Å². The third-order valence-corrected chi connectivity index (χ3v) is 4.02. The summed E-state index contributed by atoms with van der Waals surface area (Å²) < 4.78 is 40.0. The van der Waals surface area contributed by atoms with Gasteiger partial charge in [0, 0.05) is 5.56 Å². The van der Waals surface area contributed by atoms with E-state index in [9.17, 15) is 17.6 Å². The van der Waals surface area contributed by atoms with Gasteiger partial charge in [0.1, 0.15) is 5.82 Å². The molecule has 0 radical (unpaired) electrons. The highest BCUT2D eigenvalue weighted by atomic mass is 32.2. The molecule has 1 aromatic carbocycles. The van der Waals surface area contributed by atoms with Crippen molar-refractivity contribution in [3.8, 4) is 0 Å². The molecule has 2 rings (SSSR count). The molecule has 0 aliphatic carbocycles. The Kier molecular flexibility index (Phi) is 3.60. The Morgan fingerprint density at radius 1 is 1.43 bits per heavy atom. The molecule has 0 fully saturated rings. The number of rotatable bonds is 4. The normalized spacial score (nSPS) is 11.4. The lowest BCUT2D eigenvalue weighted by atomic mass is 10.1. The van der Waals surface area contributed by atoms with Crippen LogP contribution in [0, 0.1) is 12.7 Å². The summed E-state index contributed by atoms with van der Waals surface area (Å²) in [5.41, 5.74) is -0.693. The van der Waals surface area contributed by atoms with E-state index < -0.39 is 32.3 Å². The van der Waals surface area contributed by atoms with Crippen molar-refractivity contribution >= 4 is 21.9 Å². The van der Waals surface area contributed by atoms with E-state index in [4.69, 9.17) is 5.11 Å². The lowest BCUT2D eigenvalue weighted by Crippen LogP contribution is -2.17. The van der Waals surface area contributed by atoms with Crippen molar-refractivity contribution < 1.29 is 22.7 Å². The average Bonchev–Trinajstić information content (AvgIpc) is 2.76. The highest BCUT2D eigenvalue weighted by molar-refractivity contribution is 7.92. The minimum Gasteiger partial charge on any atom is -0.478 e. The van der Waals surface area contributed by atoms with Crippen LogP contribution in [-0.2, 0) is 17.1 Å². The second kappa shape index (κ2) is 5.09. The summed E-state index contributed by atoms with van der Waals surface area (Å²) >= 11 is 0. The van der Waals surface area contributed by atoms with E-state index in [0.29, 0.717) is 0 Å². The van der Waals surface area contributed by atoms with Crippen LogP contribution in [0.3, 0.4) is 0 Å². The number of tetrazole rings is 1. The zero-order valence-corrected chi connectivity index (χ0v) is 11.7. The summed E-state index contributed by atoms with van der Waals surface area (Å²) in [7, 11) is -2.81. The van der Waals surface area contributed by atoms with Crippen LogP contribution in [0.1, 0.15) is 15.9 Å². The van der Waals surface area contributed by atoms with Crippen molar-refractivity contribution in [1.82, 2.24) is 20.2 Å². The van der Waals surface area contributed by atoms with Crippen LogP contribution in [0.15, 0.2) is 17.0 Å². The maximum Gasteiger partial charge on any atom is 0.335 e. The number of hydrogen-bond acceptors (Lipinski definition) is 6. The fourth-order valence-electron chi connectivity index (χ4n) is 1.56. The molecule has 0 bridgehead atoms. The summed E-state index contributed by atoms with van der Waals surface area (Å²) in [6, 6.07) is 1.61. The molecule has 0 aliphatic rings. The van der Waals surface area contributed by atoms with Crippen molar-refractivity contribution in [3.63, 3.8) is 0 Å². The van der Waals surface area contributed by atoms with Gasteiger partial charge in [-0.15, -0.1) is 5.10 Å². The summed E-state index contributed by atoms with van der Waals surface area (Å²) in [5.74, 6) is -2.69. The SMILES string of the molecule is Cc1c(F)cc(C(=O)O)cc1S(=O)(=O)Nc1nnn(C)n1. The number of hydrogen-bond donors (Lipinski definition) is 2. The van der Waals surface area contributed by atoms with Crippen LogP contribution in [-0.4, -0.2) is 39.7 Å². The van der Waals surface area contributed by atoms with Crippen molar-refractivity contribution in [2.75, 3.05) is 4.72 Å². The second-order valence-electron chi connectivity index (χ2n) is 4.09. The number of nitrogens with zero attached hydrogens (tertiary/aromatic N) is 4. The Morgan fingerprint density at radius 3 is 2.62 bits per heavy atom. The van der Waals surface area contributed by atoms with Crippen LogP contribution in [0.4, 0.5) is 10.3 Å². The topological polar surface area (TPSA) is 127 Å². The van der Waals surface area contributed by atoms with E-state index in [2.05, 4.69) is 15.4 Å². The third-order valence-electron chi connectivity index (χ3n) is 2.57. The van der Waals surface area contributed by atoms with Gasteiger partial charge >= 0.3 is 5.97 Å². The molecular formula is C10H10FN5O4S. The quantitative estimate of drug-likeness (QED) is 0.822. The Balaban J connectivity index is 2.51. The Hall–Kier alpha value is -2.56. The van der Waals surface area contributed by atoms with E-state index in [1.165, 1.54) is 14.0 Å². The summed E-state index contributed by atoms with van der Waals surface area (Å²) in [5, 5.41) is 19.4. The van der Waals surface area contributed by atoms with Crippen molar-refractivity contribution in [2.45, 2.75) is 11.8 Å². The lowest BCUT2D eigenvalue weighted by molar-refractivity contribution is 0.0696. The number of benzene rings is 1. The van der Waals surface area contributed by atoms with E-state index >= 15 is 0 Å². The van der Waals surface area contributed by atoms with Crippen LogP contribution in [0.2, 0.25) is 0 Å². The summed E-state index contributed by atoms with van der Waals surface area (Å²) in [6.07, 6.45) is 0. The van der Waals surface area contributed by atoms with Crippen LogP contribution < -0.4 is 4.72 Å². The smallest absolute Gasteiger partial charge is 0.335 e. The molecule has 0 spiro atoms. The van der Waals surface area contributed by atoms with Gasteiger partial charge in [0.2, 0.25) is 0 Å². The first-order chi connectivity index (χ1) is 9.70. The first kappa shape index (κ1) is 14.8. The predicted molar refractivity (Wildman–Crippen MR) is 67.7 cm³/mol. The molecule has 0 aliphatic heterocycles. The maximum atomic E-state index is 13.7. The van der Waals surface area contributed by atoms with E-state index in [1.807, 2.05) is 4.72 Å². The summed E-state index contributed by atoms with van der Waals surface area (Å²) in [4.78, 5) is 11.4. The van der Waals surface area contributed by atoms with Gasteiger partial charge in [0.15, 0.2) is 0 Å². The van der Waals surface area contributed by atoms with Gasteiger partial charge in [0.25, 0.3) is 16.0 Å². The summed E-state index contributed by atoms with van der Waals surface area (Å²) in [6.45, 7) is 1.22. The molecule has 9 nitrogen and oxygen atoms in total. The molecule has 0 unspecified atom stereocenters. The molecule has 1 heterocycles. The van der Waals surface area contributed by atoms with E-state index in [1.54, 1.807) is 0 Å². The Morgan fingerprint density at radius 2 is 2.10 bits per heavy atom. The minimum atomic E-state index is -4.24. The van der Waals surface area contributed by atoms with Crippen LogP contribution in [0.25, 0.3) is 0 Å². The molecule has 0 saturated carbocycles. The number of nitrogens with one attached hydrogen (secondary N) is 1. The van der Waals surface area contributed by atoms with Gasteiger partial charge in [-0.05, 0) is 24.3 Å². The van der Waals surface area contributed by atoms with Gasteiger partial charge < -0.3 is 5.11 Å². The third kappa shape index (κ3) is 2.97. The zero-order valence-electron chi connectivity index (χ0n) is 10.9. The molecule has 1 aromatic heterocycles. The van der Waals surface area contributed by atoms with Gasteiger partial charge in [-0.25, -0.2) is 22.3 Å². The molecule has 11 heteroatoms. The number of carboxylic acids is 1. The van der Waals surface area contributed by atoms with Crippen LogP contribution >= 0.6 is 0 Å². The van der Waals surface area contributed by atoms with E-state index in [-0.39, 0.29) is 11.5 Å². The molecule has 2 aromatic rings. The van der Waals surface area contributed by atoms with Gasteiger partial charge in [-0.2, -0.15) is 4.80 Å². The van der Waals surface area contributed by atoms with Gasteiger partial charge in [-0.3, -0.25) is 0 Å². The van der Waals surface area contributed by atoms with Crippen molar-refractivity contribution in [1.29, 1.82) is 0 Å². The molecule has 112 valence electrons. The number of carbonyl (C=O) groups is 1. The minimum absolute atomic E-state index is 0.212. The fourth-order valence-corrected chi connectivity index (χ4v) is 2.77. The number of halogens is 1. The van der Waals surface area contributed by atoms with Gasteiger partial charge in [-0.1, -0.05) is 5.10 Å². The Labute approximate surface area is 118 Å². The molecule has 21 heavy (non-hydrogen) atoms. The molecule has 2 N–H and O–H groups in total. The highest BCUT2D eigenvalue weighted by Gasteiger charge is 2.23. The van der Waals surface area contributed by atoms with Crippen LogP contribution in [0.5, 0.6) is 0 Å². The second-order valence-corrected chi connectivity index (χ2v) is 5.75. The molecule has 0 saturated heterocycles. The number of carboxylic acid groups (broad SMARTS) is 1. The first-order valence-electron chi connectivity index (χ1n) is 5.51. The highest BCUT2D eigenvalue weighted by Crippen LogP contribution is 2.22. The number of aromatic carboxylic acids is 1. The largest absolute Gasteiger partial charge is 0.478 e. The number of sulfonamides is 1. The van der Waals surface area contributed by atoms with E-state index in [0.717, 1.165) is 16.9 Å².